The number of hydrogen-bond acceptors (Lipinski definition) is 7. The van der Waals surface area contributed by atoms with Crippen molar-refractivity contribution in [2.24, 2.45) is 11.7 Å². The van der Waals surface area contributed by atoms with Crippen molar-refractivity contribution >= 4 is 36.3 Å². The highest BCUT2D eigenvalue weighted by Crippen LogP contribution is 2.10. The predicted molar refractivity (Wildman–Crippen MR) is 138 cm³/mol. The van der Waals surface area contributed by atoms with E-state index >= 15 is 0 Å². The first-order chi connectivity index (χ1) is 15.3. The molecule has 0 aliphatic carbocycles. The van der Waals surface area contributed by atoms with E-state index in [2.05, 4.69) is 35.5 Å². The van der Waals surface area contributed by atoms with Crippen molar-refractivity contribution in [1.29, 1.82) is 0 Å². The van der Waals surface area contributed by atoms with Gasteiger partial charge in [-0.15, -0.1) is 0 Å². The smallest absolute Gasteiger partial charge is 0.320 e. The van der Waals surface area contributed by atoms with E-state index in [0.29, 0.717) is 31.7 Å². The summed E-state index contributed by atoms with van der Waals surface area (Å²) < 4.78 is 0. The van der Waals surface area contributed by atoms with Gasteiger partial charge in [0, 0.05) is 30.9 Å². The molecule has 0 aliphatic rings. The Bertz CT molecular complexity index is 666. The number of rotatable bonds is 17. The molecule has 0 fully saturated rings. The van der Waals surface area contributed by atoms with Crippen molar-refractivity contribution in [2.45, 2.75) is 57.3 Å². The van der Waals surface area contributed by atoms with Crippen LogP contribution in [0.2, 0.25) is 0 Å². The van der Waals surface area contributed by atoms with Gasteiger partial charge < -0.3 is 26.8 Å². The van der Waals surface area contributed by atoms with Crippen molar-refractivity contribution in [1.82, 2.24) is 16.0 Å². The van der Waals surface area contributed by atoms with Crippen LogP contribution in [0.15, 0.2) is 30.3 Å². The summed E-state index contributed by atoms with van der Waals surface area (Å²) in [4.78, 5) is 24.8. The van der Waals surface area contributed by atoms with Crippen molar-refractivity contribution in [2.75, 3.05) is 30.9 Å². The van der Waals surface area contributed by atoms with Gasteiger partial charge in [-0.25, -0.2) is 0 Å². The van der Waals surface area contributed by atoms with Gasteiger partial charge in [-0.2, -0.15) is 24.4 Å². The summed E-state index contributed by atoms with van der Waals surface area (Å²) >= 11 is 5.84. The number of amides is 1. The second-order valence-corrected chi connectivity index (χ2v) is 9.54. The number of thioether (sulfide) groups is 1. The lowest BCUT2D eigenvalue weighted by Gasteiger charge is -2.28. The first-order valence-electron chi connectivity index (χ1n) is 11.2. The molecule has 1 rings (SSSR count). The van der Waals surface area contributed by atoms with E-state index < -0.39 is 12.0 Å². The third kappa shape index (κ3) is 11.0. The molecule has 1 aromatic carbocycles. The van der Waals surface area contributed by atoms with E-state index in [4.69, 9.17) is 5.73 Å². The van der Waals surface area contributed by atoms with Gasteiger partial charge in [0.25, 0.3) is 0 Å². The molecular weight excluding hydrogens is 444 g/mol. The number of hydrogen-bond donors (Lipinski definition) is 6. The number of nitrogens with one attached hydrogen (secondary N) is 3. The van der Waals surface area contributed by atoms with Gasteiger partial charge in [0.2, 0.25) is 5.91 Å². The number of carbonyl (C=O) groups is 2. The first kappa shape index (κ1) is 28.8. The maximum atomic E-state index is 13.2. The molecule has 0 radical (unpaired) electrons. The number of thiol groups is 1. The molecular formula is C23H40N4O3S2. The molecule has 0 unspecified atom stereocenters. The minimum absolute atomic E-state index is 0.0931. The monoisotopic (exact) mass is 484 g/mol. The Hall–Kier alpha value is -1.26. The summed E-state index contributed by atoms with van der Waals surface area (Å²) in [5.41, 5.74) is 7.06. The summed E-state index contributed by atoms with van der Waals surface area (Å²) in [6.07, 6.45) is 3.94. The molecule has 9 heteroatoms. The largest absolute Gasteiger partial charge is 0.480 e. The van der Waals surface area contributed by atoms with Crippen molar-refractivity contribution in [3.05, 3.63) is 35.9 Å². The van der Waals surface area contributed by atoms with Gasteiger partial charge in [-0.1, -0.05) is 50.6 Å². The lowest BCUT2D eigenvalue weighted by molar-refractivity contribution is -0.139. The maximum absolute atomic E-state index is 13.2. The molecule has 1 aromatic rings. The van der Waals surface area contributed by atoms with Crippen molar-refractivity contribution in [3.8, 4) is 0 Å². The molecule has 0 spiro atoms. The fourth-order valence-corrected chi connectivity index (χ4v) is 3.93. The van der Waals surface area contributed by atoms with Crippen LogP contribution < -0.4 is 21.7 Å². The highest BCUT2D eigenvalue weighted by atomic mass is 32.2. The molecule has 182 valence electrons. The van der Waals surface area contributed by atoms with Crippen LogP contribution >= 0.6 is 24.4 Å². The third-order valence-corrected chi connectivity index (χ3v) is 6.63. The molecule has 0 bridgehead atoms. The Balaban J connectivity index is 2.91. The summed E-state index contributed by atoms with van der Waals surface area (Å²) in [5, 5.41) is 19.1. The van der Waals surface area contributed by atoms with Gasteiger partial charge in [0.15, 0.2) is 0 Å². The highest BCUT2D eigenvalue weighted by molar-refractivity contribution is 7.98. The van der Waals surface area contributed by atoms with E-state index in [1.165, 1.54) is 0 Å². The number of benzene rings is 1. The predicted octanol–water partition coefficient (Wildman–Crippen LogP) is 1.77. The van der Waals surface area contributed by atoms with Gasteiger partial charge in [-0.3, -0.25) is 9.59 Å². The lowest BCUT2D eigenvalue weighted by atomic mass is 9.97. The average Bonchev–Trinajstić information content (AvgIpc) is 2.78. The van der Waals surface area contributed by atoms with E-state index in [1.807, 2.05) is 43.5 Å². The first-order valence-corrected chi connectivity index (χ1v) is 13.2. The normalized spacial score (nSPS) is 16.0. The number of carboxylic acids is 1. The second-order valence-electron chi connectivity index (χ2n) is 8.19. The van der Waals surface area contributed by atoms with Crippen LogP contribution in [-0.2, 0) is 16.0 Å². The van der Waals surface area contributed by atoms with Crippen LogP contribution in [-0.4, -0.2) is 72.0 Å². The van der Waals surface area contributed by atoms with E-state index in [0.717, 1.165) is 17.7 Å². The van der Waals surface area contributed by atoms with Crippen LogP contribution in [0.4, 0.5) is 0 Å². The molecule has 0 saturated heterocycles. The quantitative estimate of drug-likeness (QED) is 0.187. The maximum Gasteiger partial charge on any atom is 0.320 e. The van der Waals surface area contributed by atoms with Crippen molar-refractivity contribution in [3.63, 3.8) is 0 Å². The zero-order valence-corrected chi connectivity index (χ0v) is 21.1. The Labute approximate surface area is 202 Å². The third-order valence-electron chi connectivity index (χ3n) is 5.52. The van der Waals surface area contributed by atoms with Gasteiger partial charge in [0.05, 0.1) is 6.04 Å². The van der Waals surface area contributed by atoms with Gasteiger partial charge in [0.1, 0.15) is 6.04 Å². The zero-order valence-electron chi connectivity index (χ0n) is 19.4. The van der Waals surface area contributed by atoms with Gasteiger partial charge >= 0.3 is 5.97 Å². The number of carbonyl (C=O) groups excluding carboxylic acids is 1. The average molecular weight is 485 g/mol. The summed E-state index contributed by atoms with van der Waals surface area (Å²) in [5.74, 6) is 0.453. The molecule has 0 aliphatic heterocycles. The summed E-state index contributed by atoms with van der Waals surface area (Å²) in [7, 11) is 0. The number of nitrogens with two attached hydrogens (primary N) is 1. The Morgan fingerprint density at radius 1 is 1.19 bits per heavy atom. The minimum Gasteiger partial charge on any atom is -0.480 e. The lowest BCUT2D eigenvalue weighted by Crippen LogP contribution is -2.56. The van der Waals surface area contributed by atoms with Gasteiger partial charge in [-0.05, 0) is 36.3 Å². The number of carboxylic acid groups (broad SMARTS) is 1. The molecule has 1 amide bonds. The van der Waals surface area contributed by atoms with E-state index in [-0.39, 0.29) is 30.0 Å². The topological polar surface area (TPSA) is 116 Å². The molecule has 0 heterocycles. The Kier molecular flexibility index (Phi) is 14.7. The Morgan fingerprint density at radius 2 is 1.88 bits per heavy atom. The van der Waals surface area contributed by atoms with Crippen LogP contribution in [0, 0.1) is 5.92 Å². The Morgan fingerprint density at radius 3 is 2.44 bits per heavy atom. The SMILES string of the molecule is CC[C@H](C)[C@H](NC[C@@H](N)CS)C(=O)N[C@H](CN[C@@H](CCSC)C(=O)O)Cc1ccccc1. The molecule has 0 aromatic heterocycles. The van der Waals surface area contributed by atoms with Crippen LogP contribution in [0.5, 0.6) is 0 Å². The molecule has 32 heavy (non-hydrogen) atoms. The molecule has 7 nitrogen and oxygen atoms in total. The van der Waals surface area contributed by atoms with Crippen LogP contribution in [0.25, 0.3) is 0 Å². The van der Waals surface area contributed by atoms with Crippen molar-refractivity contribution < 1.29 is 14.7 Å². The fourth-order valence-electron chi connectivity index (χ4n) is 3.33. The molecule has 5 atom stereocenters. The molecule has 0 saturated carbocycles. The van der Waals surface area contributed by atoms with Crippen LogP contribution in [0.3, 0.4) is 0 Å². The zero-order chi connectivity index (χ0) is 23.9. The van der Waals surface area contributed by atoms with E-state index in [1.54, 1.807) is 11.8 Å². The minimum atomic E-state index is -0.872. The second kappa shape index (κ2) is 16.4. The molecule has 6 N–H and O–H groups in total. The fraction of sp³-hybridized carbons (Fsp3) is 0.652. The summed E-state index contributed by atoms with van der Waals surface area (Å²) in [6, 6.07) is 8.50. The van der Waals surface area contributed by atoms with E-state index in [9.17, 15) is 14.7 Å². The van der Waals surface area contributed by atoms with Crippen LogP contribution in [0.1, 0.15) is 32.3 Å². The summed E-state index contributed by atoms with van der Waals surface area (Å²) in [6.45, 7) is 4.97. The number of aliphatic carboxylic acids is 1. The highest BCUT2D eigenvalue weighted by Gasteiger charge is 2.27. The standard InChI is InChI=1S/C23H40N4O3S2/c1-4-16(2)21(26-13-18(24)15-31)22(28)27-19(12-17-8-6-5-7-9-17)14-25-20(23(29)30)10-11-32-3/h5-9,16,18-21,25-26,31H,4,10-15,24H2,1-3H3,(H,27,28)(H,29,30)/t16-,18+,19-,20-,21-/m0/s1.